The molecule has 3 amide bonds. The third-order valence-corrected chi connectivity index (χ3v) is 5.51. The number of hydrogen-bond donors (Lipinski definition) is 3. The summed E-state index contributed by atoms with van der Waals surface area (Å²) in [7, 11) is 0. The smallest absolute Gasteiger partial charge is 0.251 e. The molecule has 0 radical (unpaired) electrons. The molecule has 1 heterocycles. The van der Waals surface area contributed by atoms with Crippen LogP contribution in [0, 0.1) is 5.92 Å². The highest BCUT2D eigenvalue weighted by Gasteiger charge is 2.25. The first-order valence-corrected chi connectivity index (χ1v) is 11.5. The predicted molar refractivity (Wildman–Crippen MR) is 134 cm³/mol. The summed E-state index contributed by atoms with van der Waals surface area (Å²) in [5.74, 6) is -1.30. The zero-order chi connectivity index (χ0) is 25.6. The minimum atomic E-state index is -0.778. The third kappa shape index (κ3) is 6.99. The summed E-state index contributed by atoms with van der Waals surface area (Å²) in [5.41, 5.74) is 2.96. The summed E-state index contributed by atoms with van der Waals surface area (Å²) in [4.78, 5) is 41.7. The fourth-order valence-electron chi connectivity index (χ4n) is 3.40. The molecule has 3 N–H and O–H groups in total. The average molecular weight is 477 g/mol. The molecule has 9 nitrogen and oxygen atoms in total. The van der Waals surface area contributed by atoms with E-state index in [1.807, 2.05) is 26.0 Å². The molecular weight excluding hydrogens is 444 g/mol. The van der Waals surface area contributed by atoms with Gasteiger partial charge in [-0.25, -0.2) is 9.67 Å². The standard InChI is InChI=1S/C26H32N6O3/c1-17(2)23(31-24(34)18-6-8-19(9-7-18)26(3,4)5)25(35)28-14-22(33)30-20-10-12-21(13-11-20)32-16-27-15-29-32/h6-13,15-17,23H,14H2,1-5H3,(H,28,35)(H,30,33)(H,31,34). The average Bonchev–Trinajstić information content (AvgIpc) is 3.35. The van der Waals surface area contributed by atoms with Gasteiger partial charge in [0.15, 0.2) is 0 Å². The lowest BCUT2D eigenvalue weighted by Gasteiger charge is -2.22. The van der Waals surface area contributed by atoms with Crippen LogP contribution in [0.25, 0.3) is 5.69 Å². The predicted octanol–water partition coefficient (Wildman–Crippen LogP) is 3.07. The number of carbonyl (C=O) groups excluding carboxylic acids is 3. The summed E-state index contributed by atoms with van der Waals surface area (Å²) in [6, 6.07) is 13.6. The van der Waals surface area contributed by atoms with Crippen LogP contribution in [0.15, 0.2) is 61.2 Å². The molecule has 0 saturated heterocycles. The Hall–Kier alpha value is -4.01. The highest BCUT2D eigenvalue weighted by molar-refractivity contribution is 5.99. The minimum absolute atomic E-state index is 0.0186. The van der Waals surface area contributed by atoms with Gasteiger partial charge in [-0.2, -0.15) is 5.10 Å². The Balaban J connectivity index is 1.53. The Labute approximate surface area is 205 Å². The van der Waals surface area contributed by atoms with Crippen LogP contribution in [0.5, 0.6) is 0 Å². The molecule has 35 heavy (non-hydrogen) atoms. The molecule has 9 heteroatoms. The van der Waals surface area contributed by atoms with Gasteiger partial charge in [0.25, 0.3) is 5.91 Å². The van der Waals surface area contributed by atoms with Crippen LogP contribution in [0.4, 0.5) is 5.69 Å². The molecule has 2 aromatic carbocycles. The van der Waals surface area contributed by atoms with E-state index in [1.54, 1.807) is 47.4 Å². The van der Waals surface area contributed by atoms with E-state index >= 15 is 0 Å². The van der Waals surface area contributed by atoms with Gasteiger partial charge < -0.3 is 16.0 Å². The number of rotatable bonds is 8. The number of nitrogens with zero attached hydrogens (tertiary/aromatic N) is 3. The van der Waals surface area contributed by atoms with Crippen LogP contribution >= 0.6 is 0 Å². The number of anilines is 1. The molecule has 184 valence electrons. The van der Waals surface area contributed by atoms with Gasteiger partial charge in [-0.15, -0.1) is 0 Å². The van der Waals surface area contributed by atoms with Crippen molar-refractivity contribution in [2.24, 2.45) is 5.92 Å². The van der Waals surface area contributed by atoms with Crippen LogP contribution in [-0.4, -0.2) is 45.1 Å². The fraction of sp³-hybridized carbons (Fsp3) is 0.346. The second-order valence-electron chi connectivity index (χ2n) is 9.68. The third-order valence-electron chi connectivity index (χ3n) is 5.51. The van der Waals surface area contributed by atoms with Crippen LogP contribution in [-0.2, 0) is 15.0 Å². The molecule has 0 spiro atoms. The lowest BCUT2D eigenvalue weighted by molar-refractivity contribution is -0.126. The summed E-state index contributed by atoms with van der Waals surface area (Å²) in [6.07, 6.45) is 3.02. The van der Waals surface area contributed by atoms with Gasteiger partial charge in [-0.05, 0) is 53.3 Å². The number of benzene rings is 2. The molecule has 0 bridgehead atoms. The van der Waals surface area contributed by atoms with Crippen molar-refractivity contribution in [1.82, 2.24) is 25.4 Å². The van der Waals surface area contributed by atoms with Gasteiger partial charge >= 0.3 is 0 Å². The molecule has 0 saturated carbocycles. The Morgan fingerprint density at radius 2 is 1.63 bits per heavy atom. The van der Waals surface area contributed by atoms with Gasteiger partial charge in [0.2, 0.25) is 11.8 Å². The molecule has 3 aromatic rings. The normalized spacial score (nSPS) is 12.2. The van der Waals surface area contributed by atoms with E-state index in [0.717, 1.165) is 11.3 Å². The number of nitrogens with one attached hydrogen (secondary N) is 3. The molecule has 1 unspecified atom stereocenters. The summed E-state index contributed by atoms with van der Waals surface area (Å²) in [6.45, 7) is 9.76. The highest BCUT2D eigenvalue weighted by Crippen LogP contribution is 2.22. The quantitative estimate of drug-likeness (QED) is 0.462. The van der Waals surface area contributed by atoms with Gasteiger partial charge in [0, 0.05) is 11.3 Å². The maximum absolute atomic E-state index is 12.7. The summed E-state index contributed by atoms with van der Waals surface area (Å²) < 4.78 is 1.60. The maximum atomic E-state index is 12.7. The highest BCUT2D eigenvalue weighted by atomic mass is 16.2. The van der Waals surface area contributed by atoms with Crippen molar-refractivity contribution < 1.29 is 14.4 Å². The lowest BCUT2D eigenvalue weighted by Crippen LogP contribution is -2.51. The van der Waals surface area contributed by atoms with Gasteiger partial charge in [0.1, 0.15) is 18.7 Å². The number of carbonyl (C=O) groups is 3. The van der Waals surface area contributed by atoms with Crippen LogP contribution in [0.2, 0.25) is 0 Å². The molecule has 0 fully saturated rings. The first-order chi connectivity index (χ1) is 16.5. The monoisotopic (exact) mass is 476 g/mol. The van der Waals surface area contributed by atoms with Gasteiger partial charge in [-0.1, -0.05) is 46.8 Å². The molecule has 3 rings (SSSR count). The largest absolute Gasteiger partial charge is 0.345 e. The van der Waals surface area contributed by atoms with Crippen molar-refractivity contribution in [1.29, 1.82) is 0 Å². The number of hydrogen-bond acceptors (Lipinski definition) is 5. The van der Waals surface area contributed by atoms with Gasteiger partial charge in [0.05, 0.1) is 12.2 Å². The van der Waals surface area contributed by atoms with Crippen molar-refractivity contribution in [3.8, 4) is 5.69 Å². The van der Waals surface area contributed by atoms with Crippen molar-refractivity contribution in [2.75, 3.05) is 11.9 Å². The first kappa shape index (κ1) is 25.6. The van der Waals surface area contributed by atoms with E-state index in [4.69, 9.17) is 0 Å². The number of amides is 3. The van der Waals surface area contributed by atoms with Gasteiger partial charge in [-0.3, -0.25) is 14.4 Å². The maximum Gasteiger partial charge on any atom is 0.251 e. The van der Waals surface area contributed by atoms with Crippen molar-refractivity contribution in [3.63, 3.8) is 0 Å². The van der Waals surface area contributed by atoms with Crippen molar-refractivity contribution >= 4 is 23.4 Å². The lowest BCUT2D eigenvalue weighted by atomic mass is 9.86. The fourth-order valence-corrected chi connectivity index (χ4v) is 3.40. The molecule has 0 aliphatic heterocycles. The molecule has 0 aliphatic rings. The van der Waals surface area contributed by atoms with Crippen molar-refractivity contribution in [2.45, 2.75) is 46.1 Å². The van der Waals surface area contributed by atoms with Crippen LogP contribution in [0.3, 0.4) is 0 Å². The van der Waals surface area contributed by atoms with E-state index in [9.17, 15) is 14.4 Å². The van der Waals surface area contributed by atoms with Crippen LogP contribution in [0.1, 0.15) is 50.5 Å². The Kier molecular flexibility index (Phi) is 8.01. The molecule has 1 aromatic heterocycles. The topological polar surface area (TPSA) is 118 Å². The molecule has 1 atom stereocenters. The Bertz CT molecular complexity index is 1150. The zero-order valence-corrected chi connectivity index (χ0v) is 20.7. The van der Waals surface area contributed by atoms with Crippen molar-refractivity contribution in [3.05, 3.63) is 72.3 Å². The van der Waals surface area contributed by atoms with E-state index in [0.29, 0.717) is 11.3 Å². The second-order valence-corrected chi connectivity index (χ2v) is 9.68. The van der Waals surface area contributed by atoms with E-state index in [1.165, 1.54) is 6.33 Å². The molecular formula is C26H32N6O3. The second kappa shape index (κ2) is 10.9. The zero-order valence-electron chi connectivity index (χ0n) is 20.7. The van der Waals surface area contributed by atoms with E-state index < -0.39 is 11.9 Å². The van der Waals surface area contributed by atoms with E-state index in [-0.39, 0.29) is 29.7 Å². The Morgan fingerprint density at radius 1 is 0.971 bits per heavy atom. The van der Waals surface area contributed by atoms with Crippen LogP contribution < -0.4 is 16.0 Å². The molecule has 0 aliphatic carbocycles. The summed E-state index contributed by atoms with van der Waals surface area (Å²) in [5, 5.41) is 12.2. The first-order valence-electron chi connectivity index (χ1n) is 11.5. The number of aromatic nitrogens is 3. The summed E-state index contributed by atoms with van der Waals surface area (Å²) >= 11 is 0. The Morgan fingerprint density at radius 3 is 2.17 bits per heavy atom. The van der Waals surface area contributed by atoms with E-state index in [2.05, 4.69) is 46.8 Å². The SMILES string of the molecule is CC(C)C(NC(=O)c1ccc(C(C)(C)C)cc1)C(=O)NCC(=O)Nc1ccc(-n2cncn2)cc1. The minimum Gasteiger partial charge on any atom is -0.345 e.